The molecule has 4 aromatic rings. The van der Waals surface area contributed by atoms with Gasteiger partial charge >= 0.3 is 0 Å². The fourth-order valence-electron chi connectivity index (χ4n) is 2.45. The molecule has 4 rings (SSSR count). The minimum Gasteiger partial charge on any atom is -0.457 e. The Morgan fingerprint density at radius 1 is 1.14 bits per heavy atom. The topological polar surface area (TPSA) is 81.9 Å². The Balaban J connectivity index is 1.85. The van der Waals surface area contributed by atoms with E-state index in [0.29, 0.717) is 18.2 Å². The molecule has 1 N–H and O–H groups in total. The van der Waals surface area contributed by atoms with E-state index in [0.717, 1.165) is 16.6 Å². The van der Waals surface area contributed by atoms with Gasteiger partial charge in [-0.25, -0.2) is 14.3 Å². The highest BCUT2D eigenvalue weighted by Crippen LogP contribution is 2.29. The molecule has 22 heavy (non-hydrogen) atoms. The Bertz CT molecular complexity index is 907. The second kappa shape index (κ2) is 5.12. The summed E-state index contributed by atoms with van der Waals surface area (Å²) in [5.74, 6) is 1.16. The monoisotopic (exact) mass is 295 g/mol. The van der Waals surface area contributed by atoms with Crippen molar-refractivity contribution in [2.24, 2.45) is 0 Å². The van der Waals surface area contributed by atoms with E-state index in [1.54, 1.807) is 17.1 Å². The molecule has 1 aromatic carbocycles. The summed E-state index contributed by atoms with van der Waals surface area (Å²) < 4.78 is 9.16. The quantitative estimate of drug-likeness (QED) is 0.621. The van der Waals surface area contributed by atoms with Gasteiger partial charge in [0.15, 0.2) is 5.76 Å². The Kier molecular flexibility index (Phi) is 2.97. The van der Waals surface area contributed by atoms with Gasteiger partial charge in [-0.15, -0.1) is 0 Å². The lowest BCUT2D eigenvalue weighted by molar-refractivity contribution is 0.248. The number of hydrogen-bond donors (Lipinski definition) is 1. The molecule has 7 heteroatoms. The van der Waals surface area contributed by atoms with Gasteiger partial charge in [-0.05, 0) is 18.2 Å². The second-order valence-electron chi connectivity index (χ2n) is 4.87. The van der Waals surface area contributed by atoms with Crippen molar-refractivity contribution in [2.45, 2.75) is 13.3 Å². The maximum absolute atomic E-state index is 9.15. The lowest BCUT2D eigenvalue weighted by Gasteiger charge is -2.02. The molecule has 0 radical (unpaired) electrons. The van der Waals surface area contributed by atoms with E-state index in [4.69, 9.17) is 9.52 Å². The van der Waals surface area contributed by atoms with Gasteiger partial charge in [0.1, 0.15) is 37.4 Å². The van der Waals surface area contributed by atoms with E-state index in [-0.39, 0.29) is 6.61 Å². The third-order valence-corrected chi connectivity index (χ3v) is 3.45. The SMILES string of the molecule is OCc1ccc(-c2nn(Cn3cncn3)c3ccccc23)o1. The van der Waals surface area contributed by atoms with Crippen molar-refractivity contribution < 1.29 is 9.52 Å². The van der Waals surface area contributed by atoms with Gasteiger partial charge in [0.05, 0.1) is 5.52 Å². The molecule has 0 atom stereocenters. The van der Waals surface area contributed by atoms with Crippen molar-refractivity contribution in [2.75, 3.05) is 0 Å². The lowest BCUT2D eigenvalue weighted by Crippen LogP contribution is -2.09. The largest absolute Gasteiger partial charge is 0.457 e. The maximum atomic E-state index is 9.15. The van der Waals surface area contributed by atoms with Crippen LogP contribution in [0, 0.1) is 0 Å². The Morgan fingerprint density at radius 3 is 2.82 bits per heavy atom. The van der Waals surface area contributed by atoms with Crippen LogP contribution in [0.5, 0.6) is 0 Å². The van der Waals surface area contributed by atoms with E-state index in [9.17, 15) is 0 Å². The molecule has 0 bridgehead atoms. The van der Waals surface area contributed by atoms with Crippen molar-refractivity contribution in [3.8, 4) is 11.5 Å². The van der Waals surface area contributed by atoms with Crippen molar-refractivity contribution in [3.63, 3.8) is 0 Å². The molecule has 3 aromatic heterocycles. The fraction of sp³-hybridized carbons (Fsp3) is 0.133. The van der Waals surface area contributed by atoms with Crippen molar-refractivity contribution in [1.29, 1.82) is 0 Å². The molecular weight excluding hydrogens is 282 g/mol. The number of aromatic nitrogens is 5. The van der Waals surface area contributed by atoms with Gasteiger partial charge in [0, 0.05) is 5.39 Å². The van der Waals surface area contributed by atoms with Crippen molar-refractivity contribution in [1.82, 2.24) is 24.5 Å². The number of furan rings is 1. The summed E-state index contributed by atoms with van der Waals surface area (Å²) in [4.78, 5) is 3.94. The molecule has 0 fully saturated rings. The Labute approximate surface area is 125 Å². The van der Waals surface area contributed by atoms with Gasteiger partial charge < -0.3 is 9.52 Å². The van der Waals surface area contributed by atoms with Crippen LogP contribution in [0.15, 0.2) is 53.5 Å². The van der Waals surface area contributed by atoms with Crippen LogP contribution in [0.1, 0.15) is 5.76 Å². The van der Waals surface area contributed by atoms with Crippen LogP contribution in [0.4, 0.5) is 0 Å². The van der Waals surface area contributed by atoms with E-state index in [1.807, 2.05) is 35.0 Å². The van der Waals surface area contributed by atoms with Crippen LogP contribution in [0.3, 0.4) is 0 Å². The first-order valence-corrected chi connectivity index (χ1v) is 6.83. The third-order valence-electron chi connectivity index (χ3n) is 3.45. The first-order chi connectivity index (χ1) is 10.8. The summed E-state index contributed by atoms with van der Waals surface area (Å²) in [6.45, 7) is 0.339. The predicted octanol–water partition coefficient (Wildman–Crippen LogP) is 1.89. The molecule has 7 nitrogen and oxygen atoms in total. The standard InChI is InChI=1S/C15H13N5O2/c21-7-11-5-6-14(22-11)15-12-3-1-2-4-13(12)20(18-15)10-19-9-16-8-17-19/h1-6,8-9,21H,7,10H2. The minimum absolute atomic E-state index is 0.127. The van der Waals surface area contributed by atoms with Crippen LogP contribution in [-0.2, 0) is 13.3 Å². The predicted molar refractivity (Wildman–Crippen MR) is 78.8 cm³/mol. The van der Waals surface area contributed by atoms with E-state index < -0.39 is 0 Å². The Hall–Kier alpha value is -2.93. The third kappa shape index (κ3) is 2.08. The van der Waals surface area contributed by atoms with E-state index in [2.05, 4.69) is 15.2 Å². The first kappa shape index (κ1) is 12.8. The van der Waals surface area contributed by atoms with Crippen molar-refractivity contribution in [3.05, 3.63) is 54.8 Å². The highest BCUT2D eigenvalue weighted by atomic mass is 16.4. The number of para-hydroxylation sites is 1. The molecule has 0 saturated carbocycles. The number of fused-ring (bicyclic) bond motifs is 1. The van der Waals surface area contributed by atoms with Crippen LogP contribution >= 0.6 is 0 Å². The molecule has 3 heterocycles. The number of nitrogens with zero attached hydrogens (tertiary/aromatic N) is 5. The molecule has 0 spiro atoms. The molecule has 0 amide bonds. The fourth-order valence-corrected chi connectivity index (χ4v) is 2.45. The second-order valence-corrected chi connectivity index (χ2v) is 4.87. The Morgan fingerprint density at radius 2 is 2.05 bits per heavy atom. The van der Waals surface area contributed by atoms with Gasteiger partial charge in [-0.2, -0.15) is 10.2 Å². The lowest BCUT2D eigenvalue weighted by atomic mass is 10.2. The zero-order valence-electron chi connectivity index (χ0n) is 11.6. The summed E-state index contributed by atoms with van der Waals surface area (Å²) in [7, 11) is 0. The number of rotatable bonds is 4. The molecule has 0 unspecified atom stereocenters. The summed E-state index contributed by atoms with van der Waals surface area (Å²) in [6, 6.07) is 11.5. The smallest absolute Gasteiger partial charge is 0.155 e. The first-order valence-electron chi connectivity index (χ1n) is 6.83. The molecule has 110 valence electrons. The summed E-state index contributed by atoms with van der Waals surface area (Å²) in [5, 5.41) is 18.9. The van der Waals surface area contributed by atoms with Crippen LogP contribution in [0.25, 0.3) is 22.4 Å². The van der Waals surface area contributed by atoms with E-state index in [1.165, 1.54) is 6.33 Å². The van der Waals surface area contributed by atoms with Gasteiger partial charge in [-0.1, -0.05) is 18.2 Å². The molecule has 0 aliphatic rings. The summed E-state index contributed by atoms with van der Waals surface area (Å²) in [6.07, 6.45) is 3.14. The zero-order chi connectivity index (χ0) is 14.9. The average molecular weight is 295 g/mol. The average Bonchev–Trinajstić information content (AvgIpc) is 3.27. The van der Waals surface area contributed by atoms with E-state index >= 15 is 0 Å². The maximum Gasteiger partial charge on any atom is 0.155 e. The van der Waals surface area contributed by atoms with Crippen LogP contribution < -0.4 is 0 Å². The van der Waals surface area contributed by atoms with Gasteiger partial charge in [0.25, 0.3) is 0 Å². The molecular formula is C15H13N5O2. The van der Waals surface area contributed by atoms with Crippen molar-refractivity contribution >= 4 is 10.9 Å². The highest BCUT2D eigenvalue weighted by molar-refractivity contribution is 5.92. The zero-order valence-corrected chi connectivity index (χ0v) is 11.6. The molecule has 0 saturated heterocycles. The van der Waals surface area contributed by atoms with Crippen LogP contribution in [-0.4, -0.2) is 29.7 Å². The minimum atomic E-state index is -0.127. The number of hydrogen-bond acceptors (Lipinski definition) is 5. The highest BCUT2D eigenvalue weighted by Gasteiger charge is 2.15. The number of benzene rings is 1. The van der Waals surface area contributed by atoms with Gasteiger partial charge in [0.2, 0.25) is 0 Å². The normalized spacial score (nSPS) is 11.3. The number of aliphatic hydroxyl groups excluding tert-OH is 1. The van der Waals surface area contributed by atoms with Gasteiger partial charge in [-0.3, -0.25) is 0 Å². The summed E-state index contributed by atoms with van der Waals surface area (Å²) >= 11 is 0. The molecule has 0 aliphatic heterocycles. The summed E-state index contributed by atoms with van der Waals surface area (Å²) in [5.41, 5.74) is 1.73. The van der Waals surface area contributed by atoms with Crippen LogP contribution in [0.2, 0.25) is 0 Å². The number of aliphatic hydroxyl groups is 1. The molecule has 0 aliphatic carbocycles.